The number of hydrogen-bond donors (Lipinski definition) is 0. The Hall–Kier alpha value is -0.530. The zero-order valence-corrected chi connectivity index (χ0v) is 10.1. The summed E-state index contributed by atoms with van der Waals surface area (Å²) in [6, 6.07) is 0. The Labute approximate surface area is 93.4 Å². The Morgan fingerprint density at radius 1 is 1.40 bits per heavy atom. The number of rotatable bonds is 6. The first-order chi connectivity index (χ1) is 7.24. The molecule has 0 heterocycles. The van der Waals surface area contributed by atoms with Crippen LogP contribution in [0.5, 0.6) is 0 Å². The van der Waals surface area contributed by atoms with Crippen molar-refractivity contribution in [1.82, 2.24) is 0 Å². The topological polar surface area (TPSA) is 26.3 Å². The van der Waals surface area contributed by atoms with E-state index >= 15 is 0 Å². The van der Waals surface area contributed by atoms with Gasteiger partial charge in [-0.15, -0.1) is 0 Å². The second kappa shape index (κ2) is 6.86. The molecule has 0 bridgehead atoms. The van der Waals surface area contributed by atoms with Crippen molar-refractivity contribution in [2.75, 3.05) is 6.61 Å². The molecule has 0 radical (unpaired) electrons. The molecule has 1 aliphatic rings. The number of carbonyl (C=O) groups is 1. The van der Waals surface area contributed by atoms with Crippen LogP contribution in [0.1, 0.15) is 58.8 Å². The van der Waals surface area contributed by atoms with Gasteiger partial charge in [0, 0.05) is 6.42 Å². The average molecular weight is 212 g/mol. The van der Waals surface area contributed by atoms with Crippen LogP contribution in [0.3, 0.4) is 0 Å². The van der Waals surface area contributed by atoms with E-state index < -0.39 is 0 Å². The minimum absolute atomic E-state index is 0.0662. The SMILES string of the molecule is CCC(=O)OCCCC(C)C1CCCC1. The van der Waals surface area contributed by atoms with E-state index in [0.717, 1.165) is 18.3 Å². The van der Waals surface area contributed by atoms with Gasteiger partial charge in [-0.25, -0.2) is 0 Å². The molecular weight excluding hydrogens is 188 g/mol. The van der Waals surface area contributed by atoms with Crippen molar-refractivity contribution in [2.45, 2.75) is 58.8 Å². The van der Waals surface area contributed by atoms with Gasteiger partial charge in [0.1, 0.15) is 0 Å². The summed E-state index contributed by atoms with van der Waals surface area (Å²) in [5.41, 5.74) is 0. The molecule has 2 heteroatoms. The van der Waals surface area contributed by atoms with E-state index in [-0.39, 0.29) is 5.97 Å². The Morgan fingerprint density at radius 3 is 2.67 bits per heavy atom. The minimum Gasteiger partial charge on any atom is -0.466 e. The van der Waals surface area contributed by atoms with Crippen LogP contribution < -0.4 is 0 Å². The molecule has 1 unspecified atom stereocenters. The van der Waals surface area contributed by atoms with Crippen LogP contribution in [-0.2, 0) is 9.53 Å². The van der Waals surface area contributed by atoms with Crippen molar-refractivity contribution >= 4 is 5.97 Å². The lowest BCUT2D eigenvalue weighted by Crippen LogP contribution is -2.10. The van der Waals surface area contributed by atoms with Gasteiger partial charge in [-0.2, -0.15) is 0 Å². The summed E-state index contributed by atoms with van der Waals surface area (Å²) in [5.74, 6) is 1.68. The highest BCUT2D eigenvalue weighted by atomic mass is 16.5. The molecule has 0 aliphatic heterocycles. The third-order valence-corrected chi connectivity index (χ3v) is 3.56. The molecule has 1 fully saturated rings. The smallest absolute Gasteiger partial charge is 0.305 e. The maximum atomic E-state index is 10.9. The third kappa shape index (κ3) is 4.67. The first-order valence-electron chi connectivity index (χ1n) is 6.39. The normalized spacial score (nSPS) is 19.1. The van der Waals surface area contributed by atoms with Crippen molar-refractivity contribution in [3.05, 3.63) is 0 Å². The van der Waals surface area contributed by atoms with Gasteiger partial charge in [-0.3, -0.25) is 4.79 Å². The molecule has 2 nitrogen and oxygen atoms in total. The number of carbonyl (C=O) groups excluding carboxylic acids is 1. The van der Waals surface area contributed by atoms with Gasteiger partial charge >= 0.3 is 5.97 Å². The van der Waals surface area contributed by atoms with Crippen LogP contribution in [-0.4, -0.2) is 12.6 Å². The first-order valence-corrected chi connectivity index (χ1v) is 6.39. The highest BCUT2D eigenvalue weighted by molar-refractivity contribution is 5.68. The molecule has 0 amide bonds. The molecular formula is C13H24O2. The fraction of sp³-hybridized carbons (Fsp3) is 0.923. The molecule has 0 aromatic rings. The molecule has 1 saturated carbocycles. The molecule has 88 valence electrons. The van der Waals surface area contributed by atoms with E-state index in [0.29, 0.717) is 13.0 Å². The van der Waals surface area contributed by atoms with Gasteiger partial charge in [0.05, 0.1) is 6.61 Å². The second-order valence-electron chi connectivity index (χ2n) is 4.74. The Morgan fingerprint density at radius 2 is 2.07 bits per heavy atom. The lowest BCUT2D eigenvalue weighted by Gasteiger charge is -2.18. The van der Waals surface area contributed by atoms with Crippen LogP contribution in [0.4, 0.5) is 0 Å². The highest BCUT2D eigenvalue weighted by Gasteiger charge is 2.20. The summed E-state index contributed by atoms with van der Waals surface area (Å²) in [6.45, 7) is 4.80. The zero-order valence-electron chi connectivity index (χ0n) is 10.1. The fourth-order valence-electron chi connectivity index (χ4n) is 2.46. The van der Waals surface area contributed by atoms with Gasteiger partial charge in [0.15, 0.2) is 0 Å². The Kier molecular flexibility index (Phi) is 5.74. The molecule has 0 spiro atoms. The van der Waals surface area contributed by atoms with E-state index in [9.17, 15) is 4.79 Å². The Balaban J connectivity index is 2.01. The number of esters is 1. The molecule has 1 atom stereocenters. The summed E-state index contributed by atoms with van der Waals surface area (Å²) in [6.07, 6.45) is 8.40. The predicted octanol–water partition coefficient (Wildman–Crippen LogP) is 3.55. The summed E-state index contributed by atoms with van der Waals surface area (Å²) in [4.78, 5) is 10.9. The largest absolute Gasteiger partial charge is 0.466 e. The minimum atomic E-state index is -0.0662. The Bertz CT molecular complexity index is 183. The molecule has 0 aromatic heterocycles. The quantitative estimate of drug-likeness (QED) is 0.497. The second-order valence-corrected chi connectivity index (χ2v) is 4.74. The van der Waals surface area contributed by atoms with Crippen LogP contribution in [0, 0.1) is 11.8 Å². The monoisotopic (exact) mass is 212 g/mol. The van der Waals surface area contributed by atoms with E-state index in [1.165, 1.54) is 32.1 Å². The van der Waals surface area contributed by atoms with Crippen LogP contribution in [0.15, 0.2) is 0 Å². The summed E-state index contributed by atoms with van der Waals surface area (Å²) < 4.78 is 5.07. The lowest BCUT2D eigenvalue weighted by molar-refractivity contribution is -0.143. The van der Waals surface area contributed by atoms with Crippen molar-refractivity contribution in [1.29, 1.82) is 0 Å². The van der Waals surface area contributed by atoms with Gasteiger partial charge in [0.25, 0.3) is 0 Å². The van der Waals surface area contributed by atoms with Crippen molar-refractivity contribution in [3.8, 4) is 0 Å². The van der Waals surface area contributed by atoms with Crippen molar-refractivity contribution < 1.29 is 9.53 Å². The molecule has 15 heavy (non-hydrogen) atoms. The van der Waals surface area contributed by atoms with E-state index in [4.69, 9.17) is 4.74 Å². The highest BCUT2D eigenvalue weighted by Crippen LogP contribution is 2.33. The predicted molar refractivity (Wildman–Crippen MR) is 61.6 cm³/mol. The van der Waals surface area contributed by atoms with Crippen LogP contribution in [0.25, 0.3) is 0 Å². The molecule has 0 N–H and O–H groups in total. The third-order valence-electron chi connectivity index (χ3n) is 3.56. The maximum absolute atomic E-state index is 10.9. The van der Waals surface area contributed by atoms with Gasteiger partial charge in [-0.05, 0) is 24.7 Å². The summed E-state index contributed by atoms with van der Waals surface area (Å²) in [7, 11) is 0. The van der Waals surface area contributed by atoms with Gasteiger partial charge in [0.2, 0.25) is 0 Å². The standard InChI is InChI=1S/C13H24O2/c1-3-13(14)15-10-6-7-11(2)12-8-4-5-9-12/h11-12H,3-10H2,1-2H3. The van der Waals surface area contributed by atoms with E-state index in [1.807, 2.05) is 6.92 Å². The van der Waals surface area contributed by atoms with E-state index in [2.05, 4.69) is 6.92 Å². The number of ether oxygens (including phenoxy) is 1. The molecule has 1 rings (SSSR count). The van der Waals surface area contributed by atoms with E-state index in [1.54, 1.807) is 0 Å². The summed E-state index contributed by atoms with van der Waals surface area (Å²) in [5, 5.41) is 0. The molecule has 0 saturated heterocycles. The molecule has 0 aromatic carbocycles. The zero-order chi connectivity index (χ0) is 11.1. The average Bonchev–Trinajstić information content (AvgIpc) is 2.77. The van der Waals surface area contributed by atoms with Crippen LogP contribution in [0.2, 0.25) is 0 Å². The van der Waals surface area contributed by atoms with Crippen molar-refractivity contribution in [2.24, 2.45) is 11.8 Å². The fourth-order valence-corrected chi connectivity index (χ4v) is 2.46. The number of hydrogen-bond acceptors (Lipinski definition) is 2. The maximum Gasteiger partial charge on any atom is 0.305 e. The van der Waals surface area contributed by atoms with Crippen LogP contribution >= 0.6 is 0 Å². The van der Waals surface area contributed by atoms with Gasteiger partial charge < -0.3 is 4.74 Å². The first kappa shape index (κ1) is 12.5. The summed E-state index contributed by atoms with van der Waals surface area (Å²) >= 11 is 0. The lowest BCUT2D eigenvalue weighted by atomic mass is 9.89. The van der Waals surface area contributed by atoms with Gasteiger partial charge in [-0.1, -0.05) is 39.5 Å². The molecule has 1 aliphatic carbocycles. The van der Waals surface area contributed by atoms with Crippen molar-refractivity contribution in [3.63, 3.8) is 0 Å².